The second kappa shape index (κ2) is 4.30. The smallest absolute Gasteiger partial charge is 0.281 e. The molecule has 1 heterocycles. The van der Waals surface area contributed by atoms with E-state index in [-0.39, 0.29) is 21.7 Å². The van der Waals surface area contributed by atoms with Crippen LogP contribution in [0, 0.1) is 0 Å². The van der Waals surface area contributed by atoms with Gasteiger partial charge >= 0.3 is 0 Å². The highest BCUT2D eigenvalue weighted by atomic mass is 79.9. The third-order valence-corrected chi connectivity index (χ3v) is 2.77. The molecule has 0 spiro atoms. The van der Waals surface area contributed by atoms with Crippen molar-refractivity contribution in [3.05, 3.63) is 26.9 Å². The lowest BCUT2D eigenvalue weighted by Gasteiger charge is -2.06. The summed E-state index contributed by atoms with van der Waals surface area (Å²) in [5.41, 5.74) is 5.24. The molecule has 0 unspecified atom stereocenters. The number of aromatic nitrogens is 1. The van der Waals surface area contributed by atoms with Gasteiger partial charge in [0.05, 0.1) is 15.2 Å². The molecule has 1 aromatic rings. The summed E-state index contributed by atoms with van der Waals surface area (Å²) in [6.45, 7) is 0.0900. The number of hydrogen-bond acceptors (Lipinski definition) is 2. The van der Waals surface area contributed by atoms with E-state index in [1.165, 1.54) is 6.07 Å². The predicted octanol–water partition coefficient (Wildman–Crippen LogP) is 2.89. The molecule has 0 amide bonds. The van der Waals surface area contributed by atoms with Crippen LogP contribution in [0.1, 0.15) is 17.8 Å². The normalized spacial score (nSPS) is 10.9. The average molecular weight is 271 g/mol. The van der Waals surface area contributed by atoms with Crippen molar-refractivity contribution in [2.45, 2.75) is 13.0 Å². The number of alkyl halides is 2. The van der Waals surface area contributed by atoms with Gasteiger partial charge in [-0.15, -0.1) is 0 Å². The van der Waals surface area contributed by atoms with E-state index in [0.717, 1.165) is 0 Å². The number of halogens is 4. The Bertz CT molecular complexity index is 320. The van der Waals surface area contributed by atoms with E-state index >= 15 is 0 Å². The van der Waals surface area contributed by atoms with Gasteiger partial charge in [0.15, 0.2) is 0 Å². The Kier molecular flexibility index (Phi) is 3.58. The van der Waals surface area contributed by atoms with Gasteiger partial charge in [0.2, 0.25) is 0 Å². The molecular formula is C7H6BrClF2N2. The predicted molar refractivity (Wildman–Crippen MR) is 49.8 cm³/mol. The van der Waals surface area contributed by atoms with Gasteiger partial charge in [0.25, 0.3) is 6.43 Å². The standard InChI is InChI=1S/C7H6BrClF2N2/c8-5-4(9)1-3(2-12)13-6(5)7(10)11/h1,7H,2,12H2. The second-order valence-corrected chi connectivity index (χ2v) is 3.50. The molecule has 6 heteroatoms. The lowest BCUT2D eigenvalue weighted by Crippen LogP contribution is -2.03. The van der Waals surface area contributed by atoms with Crippen molar-refractivity contribution in [3.63, 3.8) is 0 Å². The third-order valence-electron chi connectivity index (χ3n) is 1.41. The minimum absolute atomic E-state index is 0.0900. The maximum absolute atomic E-state index is 12.3. The molecule has 0 saturated heterocycles. The van der Waals surface area contributed by atoms with Crippen molar-refractivity contribution in [1.29, 1.82) is 0 Å². The largest absolute Gasteiger partial charge is 0.325 e. The second-order valence-electron chi connectivity index (χ2n) is 2.30. The Hall–Kier alpha value is -0.260. The lowest BCUT2D eigenvalue weighted by molar-refractivity contribution is 0.145. The highest BCUT2D eigenvalue weighted by molar-refractivity contribution is 9.10. The zero-order valence-electron chi connectivity index (χ0n) is 6.40. The number of pyridine rings is 1. The van der Waals surface area contributed by atoms with Gasteiger partial charge in [0, 0.05) is 6.54 Å². The zero-order valence-corrected chi connectivity index (χ0v) is 8.74. The molecular weight excluding hydrogens is 265 g/mol. The highest BCUT2D eigenvalue weighted by Crippen LogP contribution is 2.31. The molecule has 72 valence electrons. The molecule has 1 aromatic heterocycles. The fourth-order valence-electron chi connectivity index (χ4n) is 0.817. The fraction of sp³-hybridized carbons (Fsp3) is 0.286. The van der Waals surface area contributed by atoms with Gasteiger partial charge in [-0.2, -0.15) is 0 Å². The Morgan fingerprint density at radius 1 is 1.62 bits per heavy atom. The Balaban J connectivity index is 3.25. The van der Waals surface area contributed by atoms with Crippen LogP contribution in [0.3, 0.4) is 0 Å². The van der Waals surface area contributed by atoms with Crippen LogP contribution in [-0.2, 0) is 6.54 Å². The minimum Gasteiger partial charge on any atom is -0.325 e. The molecule has 0 radical (unpaired) electrons. The minimum atomic E-state index is -2.65. The first-order chi connectivity index (χ1) is 6.06. The van der Waals surface area contributed by atoms with Crippen LogP contribution < -0.4 is 5.73 Å². The van der Waals surface area contributed by atoms with E-state index in [0.29, 0.717) is 5.69 Å². The summed E-state index contributed by atoms with van der Waals surface area (Å²) in [6, 6.07) is 1.46. The van der Waals surface area contributed by atoms with Crippen LogP contribution in [0.2, 0.25) is 5.02 Å². The Morgan fingerprint density at radius 3 is 2.69 bits per heavy atom. The van der Waals surface area contributed by atoms with E-state index in [2.05, 4.69) is 20.9 Å². The molecule has 2 N–H and O–H groups in total. The number of nitrogens with zero attached hydrogens (tertiary/aromatic N) is 1. The van der Waals surface area contributed by atoms with Crippen LogP contribution in [0.5, 0.6) is 0 Å². The molecule has 0 bridgehead atoms. The summed E-state index contributed by atoms with van der Waals surface area (Å²) >= 11 is 8.59. The first kappa shape index (κ1) is 10.8. The summed E-state index contributed by atoms with van der Waals surface area (Å²) in [5, 5.41) is 0.200. The maximum atomic E-state index is 12.3. The van der Waals surface area contributed by atoms with Crippen LogP contribution >= 0.6 is 27.5 Å². The third kappa shape index (κ3) is 2.36. The molecule has 0 aliphatic carbocycles. The number of rotatable bonds is 2. The van der Waals surface area contributed by atoms with Crippen LogP contribution in [-0.4, -0.2) is 4.98 Å². The van der Waals surface area contributed by atoms with Gasteiger partial charge < -0.3 is 5.73 Å². The molecule has 13 heavy (non-hydrogen) atoms. The van der Waals surface area contributed by atoms with Crippen molar-refractivity contribution in [3.8, 4) is 0 Å². The summed E-state index contributed by atoms with van der Waals surface area (Å²) in [4.78, 5) is 3.64. The summed E-state index contributed by atoms with van der Waals surface area (Å²) in [6.07, 6.45) is -2.65. The van der Waals surface area contributed by atoms with E-state index in [1.54, 1.807) is 0 Å². The Morgan fingerprint density at radius 2 is 2.23 bits per heavy atom. The van der Waals surface area contributed by atoms with Crippen molar-refractivity contribution in [2.75, 3.05) is 0 Å². The average Bonchev–Trinajstić information content (AvgIpc) is 2.09. The zero-order chi connectivity index (χ0) is 10.0. The number of nitrogens with two attached hydrogens (primary N) is 1. The van der Waals surface area contributed by atoms with E-state index in [9.17, 15) is 8.78 Å². The van der Waals surface area contributed by atoms with E-state index < -0.39 is 6.43 Å². The van der Waals surface area contributed by atoms with Crippen molar-refractivity contribution in [1.82, 2.24) is 4.98 Å². The quantitative estimate of drug-likeness (QED) is 0.898. The Labute approximate surface area is 87.2 Å². The molecule has 0 aliphatic heterocycles. The summed E-state index contributed by atoms with van der Waals surface area (Å²) in [7, 11) is 0. The monoisotopic (exact) mass is 270 g/mol. The topological polar surface area (TPSA) is 38.9 Å². The summed E-state index contributed by atoms with van der Waals surface area (Å²) < 4.78 is 24.8. The van der Waals surface area contributed by atoms with E-state index in [4.69, 9.17) is 17.3 Å². The first-order valence-corrected chi connectivity index (χ1v) is 4.56. The van der Waals surface area contributed by atoms with Crippen molar-refractivity contribution >= 4 is 27.5 Å². The van der Waals surface area contributed by atoms with Gasteiger partial charge in [-0.1, -0.05) is 11.6 Å². The van der Waals surface area contributed by atoms with Crippen molar-refractivity contribution in [2.24, 2.45) is 5.73 Å². The molecule has 1 rings (SSSR count). The van der Waals surface area contributed by atoms with E-state index in [1.807, 2.05) is 0 Å². The number of hydrogen-bond donors (Lipinski definition) is 1. The molecule has 0 saturated carbocycles. The SMILES string of the molecule is NCc1cc(Cl)c(Br)c(C(F)F)n1. The van der Waals surface area contributed by atoms with Crippen LogP contribution in [0.4, 0.5) is 8.78 Å². The highest BCUT2D eigenvalue weighted by Gasteiger charge is 2.16. The lowest BCUT2D eigenvalue weighted by atomic mass is 10.3. The van der Waals surface area contributed by atoms with Crippen LogP contribution in [0.15, 0.2) is 10.5 Å². The van der Waals surface area contributed by atoms with Gasteiger partial charge in [-0.3, -0.25) is 0 Å². The molecule has 0 aliphatic rings. The molecule has 0 fully saturated rings. The molecule has 0 aromatic carbocycles. The molecule has 2 nitrogen and oxygen atoms in total. The summed E-state index contributed by atoms with van der Waals surface area (Å²) in [5.74, 6) is 0. The van der Waals surface area contributed by atoms with Crippen LogP contribution in [0.25, 0.3) is 0 Å². The van der Waals surface area contributed by atoms with Crippen molar-refractivity contribution < 1.29 is 8.78 Å². The van der Waals surface area contributed by atoms with Gasteiger partial charge in [0.1, 0.15) is 5.69 Å². The van der Waals surface area contributed by atoms with Gasteiger partial charge in [-0.25, -0.2) is 13.8 Å². The van der Waals surface area contributed by atoms with Gasteiger partial charge in [-0.05, 0) is 22.0 Å². The fourth-order valence-corrected chi connectivity index (χ4v) is 1.42. The molecule has 0 atom stereocenters. The maximum Gasteiger partial charge on any atom is 0.281 e. The first-order valence-electron chi connectivity index (χ1n) is 3.39.